The zero-order chi connectivity index (χ0) is 18.1. The van der Waals surface area contributed by atoms with Gasteiger partial charge in [-0.1, -0.05) is 36.9 Å². The maximum absolute atomic E-state index is 13.5. The van der Waals surface area contributed by atoms with E-state index in [0.29, 0.717) is 12.5 Å². The zero-order valence-corrected chi connectivity index (χ0v) is 16.7. The number of hydrogen-bond donors (Lipinski definition) is 0. The van der Waals surface area contributed by atoms with E-state index in [-0.39, 0.29) is 5.56 Å². The summed E-state index contributed by atoms with van der Waals surface area (Å²) in [4.78, 5) is 20.6. The number of hydrogen-bond acceptors (Lipinski definition) is 5. The molecule has 0 aliphatic heterocycles. The van der Waals surface area contributed by atoms with Crippen LogP contribution in [0.2, 0.25) is 0 Å². The Kier molecular flexibility index (Phi) is 5.16. The molecule has 3 aromatic rings. The summed E-state index contributed by atoms with van der Waals surface area (Å²) >= 11 is 3.28. The molecule has 0 saturated heterocycles. The number of aromatic nitrogens is 2. The summed E-state index contributed by atoms with van der Waals surface area (Å²) in [5.41, 5.74) is 2.17. The van der Waals surface area contributed by atoms with Crippen LogP contribution in [0.1, 0.15) is 23.8 Å². The molecule has 2 aromatic heterocycles. The number of benzene rings is 1. The van der Waals surface area contributed by atoms with E-state index >= 15 is 0 Å². The topological polar surface area (TPSA) is 44.1 Å². The van der Waals surface area contributed by atoms with Crippen LogP contribution in [0.15, 0.2) is 40.3 Å². The van der Waals surface area contributed by atoms with E-state index in [0.717, 1.165) is 46.1 Å². The van der Waals surface area contributed by atoms with Gasteiger partial charge in [0, 0.05) is 17.7 Å². The van der Waals surface area contributed by atoms with Gasteiger partial charge in [-0.05, 0) is 42.9 Å². The van der Waals surface area contributed by atoms with Crippen molar-refractivity contribution < 1.29 is 4.74 Å². The first-order valence-electron chi connectivity index (χ1n) is 8.93. The summed E-state index contributed by atoms with van der Waals surface area (Å²) in [5, 5.41) is 1.58. The number of rotatable bonds is 5. The Hall–Kier alpha value is -1.63. The summed E-state index contributed by atoms with van der Waals surface area (Å²) in [6.07, 6.45) is 3.19. The molecule has 2 heterocycles. The van der Waals surface area contributed by atoms with E-state index in [1.807, 2.05) is 30.3 Å². The monoisotopic (exact) mass is 386 g/mol. The molecule has 1 atom stereocenters. The van der Waals surface area contributed by atoms with Crippen LogP contribution in [0.5, 0.6) is 0 Å². The Bertz CT molecular complexity index is 979. The number of aryl methyl sites for hydroxylation is 1. The molecule has 26 heavy (non-hydrogen) atoms. The van der Waals surface area contributed by atoms with Crippen molar-refractivity contribution in [1.82, 2.24) is 9.55 Å². The van der Waals surface area contributed by atoms with Crippen LogP contribution in [-0.4, -0.2) is 29.0 Å². The van der Waals surface area contributed by atoms with Crippen molar-refractivity contribution in [3.8, 4) is 5.69 Å². The van der Waals surface area contributed by atoms with Crippen molar-refractivity contribution in [1.29, 1.82) is 0 Å². The molecule has 0 fully saturated rings. The van der Waals surface area contributed by atoms with Crippen LogP contribution in [0, 0.1) is 5.92 Å². The van der Waals surface area contributed by atoms with Gasteiger partial charge in [-0.2, -0.15) is 0 Å². The fraction of sp³-hybridized carbons (Fsp3) is 0.400. The molecule has 4 rings (SSSR count). The van der Waals surface area contributed by atoms with Gasteiger partial charge < -0.3 is 4.74 Å². The molecule has 0 N–H and O–H groups in total. The van der Waals surface area contributed by atoms with Gasteiger partial charge in [0.25, 0.3) is 5.56 Å². The molecule has 6 heteroatoms. The fourth-order valence-corrected chi connectivity index (χ4v) is 5.83. The number of para-hydroxylation sites is 1. The number of fused-ring (bicyclic) bond motifs is 3. The third kappa shape index (κ3) is 3.21. The van der Waals surface area contributed by atoms with Crippen molar-refractivity contribution in [2.45, 2.75) is 31.3 Å². The van der Waals surface area contributed by atoms with Gasteiger partial charge in [0.05, 0.1) is 17.7 Å². The molecule has 136 valence electrons. The van der Waals surface area contributed by atoms with Crippen molar-refractivity contribution >= 4 is 33.3 Å². The van der Waals surface area contributed by atoms with Crippen molar-refractivity contribution in [3.63, 3.8) is 0 Å². The maximum Gasteiger partial charge on any atom is 0.267 e. The Morgan fingerprint density at radius 3 is 2.92 bits per heavy atom. The molecule has 4 nitrogen and oxygen atoms in total. The van der Waals surface area contributed by atoms with Gasteiger partial charge in [0.1, 0.15) is 4.83 Å². The summed E-state index contributed by atoms with van der Waals surface area (Å²) in [5.74, 6) is 1.45. The number of thiophene rings is 1. The molecular formula is C20H22N2O2S2. The third-order valence-corrected chi connectivity index (χ3v) is 6.88. The Morgan fingerprint density at radius 2 is 2.15 bits per heavy atom. The van der Waals surface area contributed by atoms with Gasteiger partial charge >= 0.3 is 0 Å². The molecule has 0 saturated carbocycles. The van der Waals surface area contributed by atoms with Gasteiger partial charge in [-0.25, -0.2) is 4.98 Å². The second kappa shape index (κ2) is 7.55. The predicted octanol–water partition coefficient (Wildman–Crippen LogP) is 4.31. The quantitative estimate of drug-likeness (QED) is 0.372. The first kappa shape index (κ1) is 17.8. The Morgan fingerprint density at radius 1 is 1.35 bits per heavy atom. The number of methoxy groups -OCH3 is 1. The minimum Gasteiger partial charge on any atom is -0.384 e. The minimum absolute atomic E-state index is 0.0631. The van der Waals surface area contributed by atoms with E-state index in [2.05, 4.69) is 6.92 Å². The average molecular weight is 387 g/mol. The standard InChI is InChI=1S/C20H22N2O2S2/c1-13-8-9-15-16(12-13)26-18-17(15)19(23)22(14-6-4-3-5-7-14)20(21-18)25-11-10-24-2/h3-7,13H,8-12H2,1-2H3. The summed E-state index contributed by atoms with van der Waals surface area (Å²) < 4.78 is 6.94. The summed E-state index contributed by atoms with van der Waals surface area (Å²) in [6, 6.07) is 9.82. The summed E-state index contributed by atoms with van der Waals surface area (Å²) in [7, 11) is 1.69. The van der Waals surface area contributed by atoms with Crippen molar-refractivity contribution in [2.24, 2.45) is 5.92 Å². The smallest absolute Gasteiger partial charge is 0.267 e. The lowest BCUT2D eigenvalue weighted by Crippen LogP contribution is -2.22. The maximum atomic E-state index is 13.5. The van der Waals surface area contributed by atoms with Crippen LogP contribution in [0.4, 0.5) is 0 Å². The number of nitrogens with zero attached hydrogens (tertiary/aromatic N) is 2. The highest BCUT2D eigenvalue weighted by molar-refractivity contribution is 7.99. The minimum atomic E-state index is 0.0631. The van der Waals surface area contributed by atoms with Crippen LogP contribution in [-0.2, 0) is 17.6 Å². The first-order chi connectivity index (χ1) is 12.7. The molecule has 1 aromatic carbocycles. The largest absolute Gasteiger partial charge is 0.384 e. The highest BCUT2D eigenvalue weighted by Gasteiger charge is 2.25. The third-order valence-electron chi connectivity index (χ3n) is 4.83. The van der Waals surface area contributed by atoms with E-state index in [1.54, 1.807) is 34.8 Å². The summed E-state index contributed by atoms with van der Waals surface area (Å²) in [6.45, 7) is 2.92. The highest BCUT2D eigenvalue weighted by Crippen LogP contribution is 2.36. The van der Waals surface area contributed by atoms with Crippen LogP contribution in [0.3, 0.4) is 0 Å². The van der Waals surface area contributed by atoms with Gasteiger partial charge in [-0.15, -0.1) is 11.3 Å². The molecule has 0 radical (unpaired) electrons. The molecule has 0 amide bonds. The SMILES string of the molecule is COCCSc1nc2sc3c(c2c(=O)n1-c1ccccc1)CCC(C)C3. The average Bonchev–Trinajstić information content (AvgIpc) is 3.00. The predicted molar refractivity (Wildman–Crippen MR) is 109 cm³/mol. The van der Waals surface area contributed by atoms with E-state index in [4.69, 9.17) is 9.72 Å². The lowest BCUT2D eigenvalue weighted by Gasteiger charge is -2.17. The lowest BCUT2D eigenvalue weighted by molar-refractivity contribution is 0.218. The lowest BCUT2D eigenvalue weighted by atomic mass is 9.89. The molecule has 1 aliphatic rings. The number of thioether (sulfide) groups is 1. The van der Waals surface area contributed by atoms with Gasteiger partial charge in [-0.3, -0.25) is 9.36 Å². The molecule has 0 spiro atoms. The Labute approximate surface area is 161 Å². The van der Waals surface area contributed by atoms with Gasteiger partial charge in [0.2, 0.25) is 0 Å². The number of ether oxygens (including phenoxy) is 1. The second-order valence-corrected chi connectivity index (χ2v) is 8.89. The van der Waals surface area contributed by atoms with Crippen LogP contribution in [0.25, 0.3) is 15.9 Å². The molecule has 1 unspecified atom stereocenters. The molecular weight excluding hydrogens is 364 g/mol. The fourth-order valence-electron chi connectivity index (χ4n) is 3.49. The van der Waals surface area contributed by atoms with Crippen molar-refractivity contribution in [2.75, 3.05) is 19.5 Å². The molecule has 0 bridgehead atoms. The van der Waals surface area contributed by atoms with Crippen molar-refractivity contribution in [3.05, 3.63) is 51.1 Å². The normalized spacial score (nSPS) is 16.8. The van der Waals surface area contributed by atoms with E-state index in [9.17, 15) is 4.79 Å². The first-order valence-corrected chi connectivity index (χ1v) is 10.7. The molecule has 1 aliphatic carbocycles. The zero-order valence-electron chi connectivity index (χ0n) is 15.0. The van der Waals surface area contributed by atoms with E-state index in [1.165, 1.54) is 10.4 Å². The van der Waals surface area contributed by atoms with E-state index < -0.39 is 0 Å². The second-order valence-electron chi connectivity index (χ2n) is 6.74. The van der Waals surface area contributed by atoms with Crippen LogP contribution < -0.4 is 5.56 Å². The Balaban J connectivity index is 1.92. The van der Waals surface area contributed by atoms with Crippen LogP contribution >= 0.6 is 23.1 Å². The van der Waals surface area contributed by atoms with Gasteiger partial charge in [0.15, 0.2) is 5.16 Å². The highest BCUT2D eigenvalue weighted by atomic mass is 32.2.